The Labute approximate surface area is 201 Å². The second-order valence-corrected chi connectivity index (χ2v) is 8.53. The number of hydrogen-bond acceptors (Lipinski definition) is 5. The third-order valence-electron chi connectivity index (χ3n) is 5.55. The van der Waals surface area contributed by atoms with E-state index in [0.29, 0.717) is 11.3 Å². The summed E-state index contributed by atoms with van der Waals surface area (Å²) in [6.07, 6.45) is 3.14. The third kappa shape index (κ3) is 3.96. The molecule has 1 N–H and O–H groups in total. The molecule has 4 rings (SSSR count). The molecule has 3 aromatic rings. The molecule has 33 heavy (non-hydrogen) atoms. The Balaban J connectivity index is 1.97. The van der Waals surface area contributed by atoms with Crippen LogP contribution in [0.2, 0.25) is 10.0 Å². The highest BCUT2D eigenvalue weighted by atomic mass is 35.5. The molecule has 0 aliphatic carbocycles. The van der Waals surface area contributed by atoms with Crippen molar-refractivity contribution in [3.05, 3.63) is 92.7 Å². The number of aliphatic hydroxyl groups excluding tert-OH is 1. The van der Waals surface area contributed by atoms with Gasteiger partial charge in [-0.3, -0.25) is 19.5 Å². The van der Waals surface area contributed by atoms with E-state index in [2.05, 4.69) is 4.98 Å². The average Bonchev–Trinajstić information content (AvgIpc) is 3.04. The lowest BCUT2D eigenvalue weighted by Crippen LogP contribution is -2.30. The fraction of sp³-hybridized carbons (Fsp3) is 0.160. The summed E-state index contributed by atoms with van der Waals surface area (Å²) in [7, 11) is 1.42. The van der Waals surface area contributed by atoms with Crippen LogP contribution in [0.25, 0.3) is 5.76 Å². The predicted molar refractivity (Wildman–Crippen MR) is 128 cm³/mol. The third-order valence-corrected chi connectivity index (χ3v) is 6.12. The quantitative estimate of drug-likeness (QED) is 0.295. The van der Waals surface area contributed by atoms with Crippen LogP contribution in [0.3, 0.4) is 0 Å². The van der Waals surface area contributed by atoms with Crippen molar-refractivity contribution < 1.29 is 19.4 Å². The highest BCUT2D eigenvalue weighted by molar-refractivity contribution is 6.52. The Hall–Kier alpha value is -3.35. The van der Waals surface area contributed by atoms with Crippen LogP contribution in [-0.2, 0) is 9.59 Å². The molecule has 1 aliphatic rings. The van der Waals surface area contributed by atoms with Gasteiger partial charge in [-0.15, -0.1) is 0 Å². The van der Waals surface area contributed by atoms with Crippen LogP contribution in [0.15, 0.2) is 60.4 Å². The summed E-state index contributed by atoms with van der Waals surface area (Å²) in [6.45, 7) is 3.82. The highest BCUT2D eigenvalue weighted by Crippen LogP contribution is 2.44. The number of Topliss-reactive ketones (excluding diaryl/α,β-unsaturated/α-hetero) is 1. The van der Waals surface area contributed by atoms with Gasteiger partial charge in [-0.2, -0.15) is 0 Å². The normalized spacial score (nSPS) is 17.5. The number of ketones is 1. The molecule has 1 aliphatic heterocycles. The summed E-state index contributed by atoms with van der Waals surface area (Å²) in [5.74, 6) is -1.68. The number of hydrogen-bond donors (Lipinski definition) is 1. The van der Waals surface area contributed by atoms with E-state index in [4.69, 9.17) is 27.9 Å². The van der Waals surface area contributed by atoms with E-state index in [1.165, 1.54) is 24.1 Å². The summed E-state index contributed by atoms with van der Waals surface area (Å²) in [5, 5.41) is 11.6. The number of methoxy groups -OCH3 is 1. The summed E-state index contributed by atoms with van der Waals surface area (Å²) in [6, 6.07) is 11.0. The van der Waals surface area contributed by atoms with Crippen LogP contribution >= 0.6 is 23.2 Å². The van der Waals surface area contributed by atoms with Crippen molar-refractivity contribution in [3.8, 4) is 5.75 Å². The van der Waals surface area contributed by atoms with E-state index < -0.39 is 17.7 Å². The topological polar surface area (TPSA) is 79.7 Å². The van der Waals surface area contributed by atoms with E-state index in [1.807, 2.05) is 26.0 Å². The van der Waals surface area contributed by atoms with Crippen molar-refractivity contribution in [2.45, 2.75) is 19.9 Å². The smallest absolute Gasteiger partial charge is 0.300 e. The number of benzene rings is 2. The van der Waals surface area contributed by atoms with Gasteiger partial charge in [-0.25, -0.2) is 0 Å². The fourth-order valence-corrected chi connectivity index (χ4v) is 4.71. The maximum absolute atomic E-state index is 13.3. The molecular formula is C25H20Cl2N2O4. The lowest BCUT2D eigenvalue weighted by atomic mass is 9.95. The number of rotatable bonds is 4. The number of halogens is 2. The van der Waals surface area contributed by atoms with Crippen molar-refractivity contribution in [2.75, 3.05) is 12.0 Å². The monoisotopic (exact) mass is 482 g/mol. The Kier molecular flexibility index (Phi) is 6.15. The van der Waals surface area contributed by atoms with Gasteiger partial charge in [0.15, 0.2) is 5.75 Å². The zero-order valence-electron chi connectivity index (χ0n) is 18.1. The Bertz CT molecular complexity index is 1280. The van der Waals surface area contributed by atoms with E-state index in [0.717, 1.165) is 11.1 Å². The van der Waals surface area contributed by atoms with Gasteiger partial charge in [0.05, 0.1) is 28.8 Å². The number of aromatic nitrogens is 1. The lowest BCUT2D eigenvalue weighted by Gasteiger charge is -2.27. The second-order valence-electron chi connectivity index (χ2n) is 7.71. The Morgan fingerprint density at radius 3 is 2.24 bits per heavy atom. The highest BCUT2D eigenvalue weighted by Gasteiger charge is 2.47. The molecule has 2 aromatic carbocycles. The van der Waals surface area contributed by atoms with Gasteiger partial charge in [0.1, 0.15) is 5.76 Å². The van der Waals surface area contributed by atoms with Crippen LogP contribution in [-0.4, -0.2) is 28.9 Å². The van der Waals surface area contributed by atoms with Crippen LogP contribution in [0.5, 0.6) is 5.75 Å². The van der Waals surface area contributed by atoms with Crippen molar-refractivity contribution in [1.29, 1.82) is 0 Å². The molecule has 0 bridgehead atoms. The summed E-state index contributed by atoms with van der Waals surface area (Å²) < 4.78 is 5.16. The Morgan fingerprint density at radius 2 is 1.67 bits per heavy atom. The number of anilines is 1. The molecule has 168 valence electrons. The summed E-state index contributed by atoms with van der Waals surface area (Å²) in [4.78, 5) is 31.9. The zero-order chi connectivity index (χ0) is 23.9. The van der Waals surface area contributed by atoms with Gasteiger partial charge in [0, 0.05) is 23.6 Å². The molecule has 1 amide bonds. The maximum Gasteiger partial charge on any atom is 0.300 e. The molecule has 1 fully saturated rings. The average molecular weight is 483 g/mol. The minimum absolute atomic E-state index is 0.0662. The van der Waals surface area contributed by atoms with Crippen molar-refractivity contribution in [3.63, 3.8) is 0 Å². The van der Waals surface area contributed by atoms with Crippen LogP contribution < -0.4 is 9.64 Å². The zero-order valence-corrected chi connectivity index (χ0v) is 19.6. The molecule has 2 heterocycles. The number of carbonyl (C=O) groups excluding carboxylic acids is 2. The molecule has 1 aromatic heterocycles. The first-order chi connectivity index (χ1) is 15.7. The van der Waals surface area contributed by atoms with E-state index in [1.54, 1.807) is 30.6 Å². The van der Waals surface area contributed by atoms with Gasteiger partial charge in [-0.1, -0.05) is 40.9 Å². The van der Waals surface area contributed by atoms with Gasteiger partial charge >= 0.3 is 0 Å². The first-order valence-corrected chi connectivity index (χ1v) is 10.8. The summed E-state index contributed by atoms with van der Waals surface area (Å²) in [5.41, 5.74) is 3.18. The van der Waals surface area contributed by atoms with Gasteiger partial charge in [-0.05, 0) is 55.3 Å². The largest absolute Gasteiger partial charge is 0.507 e. The standard InChI is InChI=1S/C25H20Cl2N2O4/c1-13-4-5-19(14(2)10-13)29-21(15-6-8-28-9-7-15)20(23(31)25(29)32)22(30)16-11-17(26)24(33-3)18(27)12-16/h4-12,21,30H,1-3H3/b22-20+. The number of nitrogens with zero attached hydrogens (tertiary/aromatic N) is 2. The fourth-order valence-electron chi connectivity index (χ4n) is 4.06. The van der Waals surface area contributed by atoms with Crippen molar-refractivity contribution in [1.82, 2.24) is 4.98 Å². The molecule has 1 unspecified atom stereocenters. The number of pyridine rings is 1. The predicted octanol–water partition coefficient (Wildman–Crippen LogP) is 5.64. The molecule has 1 atom stereocenters. The number of ether oxygens (including phenoxy) is 1. The van der Waals surface area contributed by atoms with Crippen LogP contribution in [0.1, 0.15) is 28.3 Å². The Morgan fingerprint density at radius 1 is 1.03 bits per heavy atom. The number of aliphatic hydroxyl groups is 1. The molecule has 0 saturated carbocycles. The van der Waals surface area contributed by atoms with Gasteiger partial charge in [0.2, 0.25) is 0 Å². The number of amides is 1. The van der Waals surface area contributed by atoms with Crippen LogP contribution in [0.4, 0.5) is 5.69 Å². The summed E-state index contributed by atoms with van der Waals surface area (Å²) >= 11 is 12.5. The van der Waals surface area contributed by atoms with E-state index in [-0.39, 0.29) is 32.7 Å². The van der Waals surface area contributed by atoms with E-state index in [9.17, 15) is 14.7 Å². The van der Waals surface area contributed by atoms with Gasteiger partial charge < -0.3 is 9.84 Å². The molecule has 0 radical (unpaired) electrons. The molecule has 1 saturated heterocycles. The SMILES string of the molecule is COc1c(Cl)cc(/C(O)=C2\C(=O)C(=O)N(c3ccc(C)cc3C)C2c2ccncc2)cc1Cl. The molecule has 0 spiro atoms. The number of carbonyl (C=O) groups is 2. The molecular weight excluding hydrogens is 463 g/mol. The van der Waals surface area contributed by atoms with Crippen LogP contribution in [0, 0.1) is 13.8 Å². The first kappa shape index (κ1) is 22.8. The lowest BCUT2D eigenvalue weighted by molar-refractivity contribution is -0.132. The van der Waals surface area contributed by atoms with Crippen molar-refractivity contribution >= 4 is 46.3 Å². The van der Waals surface area contributed by atoms with Gasteiger partial charge in [0.25, 0.3) is 11.7 Å². The first-order valence-electron chi connectivity index (χ1n) is 10.1. The minimum Gasteiger partial charge on any atom is -0.507 e. The molecule has 8 heteroatoms. The van der Waals surface area contributed by atoms with E-state index >= 15 is 0 Å². The van der Waals surface area contributed by atoms with Crippen molar-refractivity contribution in [2.24, 2.45) is 0 Å². The number of aryl methyl sites for hydroxylation is 2. The second kappa shape index (κ2) is 8.89. The minimum atomic E-state index is -0.867. The molecule has 6 nitrogen and oxygen atoms in total. The maximum atomic E-state index is 13.3.